The van der Waals surface area contributed by atoms with E-state index in [1.165, 1.54) is 16.5 Å². The fourth-order valence-electron chi connectivity index (χ4n) is 15.9. The molecule has 20 rings (SSSR count). The van der Waals surface area contributed by atoms with Crippen molar-refractivity contribution in [2.75, 3.05) is 0 Å². The SMILES string of the molecule is c1ccc(C2=NC(c3cccc(-c4cccc(-c5cccc6c(-c7ccccc7)nc7cc(-c8cccc(-c9ccc(-c%10cc(-c%11ccccc%11)nc(-c%11ccccc%11)n%10)cc9)c8)ccc7c56)c4)c3)NC(c3ccc(-c4cccc(-c5ccc6c(c5)nc(-c5ccccc5)c5cccc(-c7ccccc7)c56)c4)cc3)=N2)cc1. The predicted octanol–water partition coefficient (Wildman–Crippen LogP) is 26.4. The minimum absolute atomic E-state index is 0.433. The highest BCUT2D eigenvalue weighted by Crippen LogP contribution is 2.44. The fourth-order valence-corrected chi connectivity index (χ4v) is 15.9. The van der Waals surface area contributed by atoms with Crippen molar-refractivity contribution in [3.8, 4) is 134 Å². The Balaban J connectivity index is 0.593. The summed E-state index contributed by atoms with van der Waals surface area (Å²) in [5.41, 5.74) is 29.3. The molecule has 7 heteroatoms. The van der Waals surface area contributed by atoms with Crippen LogP contribution < -0.4 is 5.32 Å². The van der Waals surface area contributed by atoms with Gasteiger partial charge < -0.3 is 5.32 Å². The largest absolute Gasteiger partial charge is 0.344 e. The van der Waals surface area contributed by atoms with Gasteiger partial charge in [0.2, 0.25) is 0 Å². The normalized spacial score (nSPS) is 12.7. The Morgan fingerprint density at radius 1 is 0.214 bits per heavy atom. The van der Waals surface area contributed by atoms with Gasteiger partial charge in [-0.25, -0.2) is 29.9 Å². The van der Waals surface area contributed by atoms with Crippen LogP contribution in [0.25, 0.3) is 178 Å². The van der Waals surface area contributed by atoms with E-state index in [9.17, 15) is 0 Å². The molecule has 3 aromatic heterocycles. The Hall–Kier alpha value is -14.9. The van der Waals surface area contributed by atoms with E-state index < -0.39 is 6.17 Å². The van der Waals surface area contributed by atoms with E-state index >= 15 is 0 Å². The van der Waals surface area contributed by atoms with E-state index in [0.717, 1.165) is 178 Å². The highest BCUT2D eigenvalue weighted by Gasteiger charge is 2.24. The summed E-state index contributed by atoms with van der Waals surface area (Å²) in [6.45, 7) is 0. The molecule has 0 radical (unpaired) electrons. The molecule has 0 saturated carbocycles. The van der Waals surface area contributed by atoms with Gasteiger partial charge in [0.05, 0.1) is 33.8 Å². The number of benzene rings is 16. The molecule has 524 valence electrons. The van der Waals surface area contributed by atoms with Crippen LogP contribution in [0.2, 0.25) is 0 Å². The van der Waals surface area contributed by atoms with Gasteiger partial charge in [-0.3, -0.25) is 0 Å². The van der Waals surface area contributed by atoms with Crippen LogP contribution in [-0.2, 0) is 0 Å². The zero-order chi connectivity index (χ0) is 74.3. The van der Waals surface area contributed by atoms with Crippen LogP contribution in [0.4, 0.5) is 0 Å². The van der Waals surface area contributed by atoms with Crippen LogP contribution in [0.1, 0.15) is 22.9 Å². The summed E-state index contributed by atoms with van der Waals surface area (Å²) < 4.78 is 0. The van der Waals surface area contributed by atoms with E-state index in [2.05, 4.69) is 357 Å². The molecule has 1 aliphatic rings. The summed E-state index contributed by atoms with van der Waals surface area (Å²) >= 11 is 0. The number of nitrogens with one attached hydrogen (secondary N) is 1. The number of hydrogen-bond donors (Lipinski definition) is 1. The molecule has 0 saturated heterocycles. The van der Waals surface area contributed by atoms with Crippen LogP contribution in [0, 0.1) is 0 Å². The molecule has 112 heavy (non-hydrogen) atoms. The molecule has 0 fully saturated rings. The molecular formula is C105H69N7. The van der Waals surface area contributed by atoms with Crippen molar-refractivity contribution in [2.24, 2.45) is 9.98 Å². The molecule has 1 unspecified atom stereocenters. The Bertz CT molecular complexity index is 6790. The molecule has 7 nitrogen and oxygen atoms in total. The number of pyridine rings is 2. The topological polar surface area (TPSA) is 88.3 Å². The molecular weight excluding hydrogens is 1360 g/mol. The van der Waals surface area contributed by atoms with Gasteiger partial charge in [0.15, 0.2) is 11.7 Å². The summed E-state index contributed by atoms with van der Waals surface area (Å²) in [4.78, 5) is 31.7. The monoisotopic (exact) mass is 1430 g/mol. The predicted molar refractivity (Wildman–Crippen MR) is 465 cm³/mol. The number of rotatable bonds is 15. The van der Waals surface area contributed by atoms with Crippen LogP contribution >= 0.6 is 0 Å². The molecule has 0 amide bonds. The zero-order valence-electron chi connectivity index (χ0n) is 60.9. The number of nitrogens with zero attached hydrogens (tertiary/aromatic N) is 6. The van der Waals surface area contributed by atoms with Gasteiger partial charge >= 0.3 is 0 Å². The second-order valence-corrected chi connectivity index (χ2v) is 28.5. The highest BCUT2D eigenvalue weighted by atomic mass is 15.2. The van der Waals surface area contributed by atoms with Crippen molar-refractivity contribution in [1.82, 2.24) is 25.3 Å². The number of fused-ring (bicyclic) bond motifs is 6. The van der Waals surface area contributed by atoms with Crippen molar-refractivity contribution in [3.05, 3.63) is 423 Å². The summed E-state index contributed by atoms with van der Waals surface area (Å²) in [7, 11) is 0. The minimum Gasteiger partial charge on any atom is -0.344 e. The summed E-state index contributed by atoms with van der Waals surface area (Å²) in [6.07, 6.45) is -0.433. The third kappa shape index (κ3) is 12.9. The first kappa shape index (κ1) is 66.5. The number of hydrogen-bond acceptors (Lipinski definition) is 7. The lowest BCUT2D eigenvalue weighted by Crippen LogP contribution is -2.33. The maximum absolute atomic E-state index is 5.55. The van der Waals surface area contributed by atoms with Crippen molar-refractivity contribution >= 4 is 55.0 Å². The van der Waals surface area contributed by atoms with E-state index in [1.54, 1.807) is 0 Å². The van der Waals surface area contributed by atoms with Gasteiger partial charge in [0.25, 0.3) is 0 Å². The standard InChI is InChI=1S/C105H69N7/c1-7-25-70(26-8-1)88-45-23-47-92-98(88)90-59-57-84(65-96(90)106-100(92)73-29-11-3-12-30-73)81-40-20-38-79(62-81)69-51-55-77(56-52-69)104-110-103(76-35-17-6-18-36-76)111-105(112-104)87-44-22-42-83(64-87)82-41-21-43-86(63-82)89-46-24-48-93-99(89)91-60-58-85(66-97(91)107-101(93)74-31-13-4-14-32-74)80-39-19-37-78(61-80)68-49-53-72(54-50-68)95-67-94(71-27-9-2-10-28-71)108-102(109-95)75-33-15-5-16-34-75/h1-67,105H,(H,110,111,112). The molecule has 16 aromatic carbocycles. The third-order valence-corrected chi connectivity index (χ3v) is 21.5. The van der Waals surface area contributed by atoms with Crippen LogP contribution in [0.15, 0.2) is 416 Å². The molecule has 19 aromatic rings. The first-order valence-corrected chi connectivity index (χ1v) is 38.0. The first-order valence-electron chi connectivity index (χ1n) is 38.0. The van der Waals surface area contributed by atoms with E-state index in [4.69, 9.17) is 29.9 Å². The second-order valence-electron chi connectivity index (χ2n) is 28.5. The lowest BCUT2D eigenvalue weighted by Gasteiger charge is -2.24. The zero-order valence-corrected chi connectivity index (χ0v) is 60.9. The van der Waals surface area contributed by atoms with Gasteiger partial charge in [0.1, 0.15) is 12.0 Å². The number of aromatic nitrogens is 4. The van der Waals surface area contributed by atoms with Gasteiger partial charge in [-0.05, 0) is 126 Å². The van der Waals surface area contributed by atoms with E-state index in [0.29, 0.717) is 11.7 Å². The summed E-state index contributed by atoms with van der Waals surface area (Å²) in [6, 6.07) is 144. The van der Waals surface area contributed by atoms with Crippen molar-refractivity contribution in [2.45, 2.75) is 6.17 Å². The fraction of sp³-hybridized carbons (Fsp3) is 0.00952. The van der Waals surface area contributed by atoms with E-state index in [1.807, 2.05) is 54.6 Å². The van der Waals surface area contributed by atoms with E-state index in [-0.39, 0.29) is 0 Å². The summed E-state index contributed by atoms with van der Waals surface area (Å²) in [5.74, 6) is 2.11. The van der Waals surface area contributed by atoms with Gasteiger partial charge in [-0.15, -0.1) is 0 Å². The van der Waals surface area contributed by atoms with Crippen LogP contribution in [0.3, 0.4) is 0 Å². The molecule has 4 heterocycles. The van der Waals surface area contributed by atoms with Crippen LogP contribution in [-0.4, -0.2) is 31.6 Å². The quantitative estimate of drug-likeness (QED) is 0.103. The molecule has 0 bridgehead atoms. The molecule has 0 spiro atoms. The lowest BCUT2D eigenvalue weighted by molar-refractivity contribution is 0.674. The van der Waals surface area contributed by atoms with Crippen molar-refractivity contribution in [3.63, 3.8) is 0 Å². The number of amidine groups is 2. The molecule has 0 aliphatic carbocycles. The average molecular weight is 1430 g/mol. The molecule has 1 atom stereocenters. The Kier molecular flexibility index (Phi) is 17.2. The number of aliphatic imine (C=N–C) groups is 2. The van der Waals surface area contributed by atoms with Gasteiger partial charge in [-0.2, -0.15) is 0 Å². The summed E-state index contributed by atoms with van der Waals surface area (Å²) in [5, 5.41) is 10.6. The minimum atomic E-state index is -0.433. The molecule has 1 aliphatic heterocycles. The maximum atomic E-state index is 5.55. The van der Waals surface area contributed by atoms with Crippen molar-refractivity contribution in [1.29, 1.82) is 0 Å². The Morgan fingerprint density at radius 3 is 1.06 bits per heavy atom. The third-order valence-electron chi connectivity index (χ3n) is 21.5. The second kappa shape index (κ2) is 29.0. The first-order chi connectivity index (χ1) is 55.5. The maximum Gasteiger partial charge on any atom is 0.160 e. The lowest BCUT2D eigenvalue weighted by atomic mass is 9.90. The van der Waals surface area contributed by atoms with Crippen molar-refractivity contribution < 1.29 is 0 Å². The smallest absolute Gasteiger partial charge is 0.160 e. The highest BCUT2D eigenvalue weighted by molar-refractivity contribution is 6.19. The molecule has 1 N–H and O–H groups in total. The van der Waals surface area contributed by atoms with Gasteiger partial charge in [0, 0.05) is 71.3 Å². The Morgan fingerprint density at radius 2 is 0.562 bits per heavy atom. The van der Waals surface area contributed by atoms with Gasteiger partial charge in [-0.1, -0.05) is 364 Å². The average Bonchev–Trinajstić information content (AvgIpc) is 0.743. The van der Waals surface area contributed by atoms with Crippen LogP contribution in [0.5, 0.6) is 0 Å². The Labute approximate surface area is 649 Å².